The molecule has 1 saturated carbocycles. The Morgan fingerprint density at radius 3 is 2.52 bits per heavy atom. The zero-order chi connectivity index (χ0) is 20.8. The van der Waals surface area contributed by atoms with Crippen molar-refractivity contribution >= 4 is 39.3 Å². The fourth-order valence-electron chi connectivity index (χ4n) is 3.95. The molecule has 0 bridgehead atoms. The van der Waals surface area contributed by atoms with E-state index in [0.29, 0.717) is 18.8 Å². The zero-order valence-corrected chi connectivity index (χ0v) is 17.9. The van der Waals surface area contributed by atoms with Gasteiger partial charge in [0.05, 0.1) is 10.3 Å². The van der Waals surface area contributed by atoms with Crippen molar-refractivity contribution in [3.8, 4) is 0 Å². The topological polar surface area (TPSA) is 86.8 Å². The normalized spacial score (nSPS) is 26.7. The highest BCUT2D eigenvalue weighted by molar-refractivity contribution is 8.00. The molecule has 2 saturated heterocycles. The van der Waals surface area contributed by atoms with Gasteiger partial charge in [-0.15, -0.1) is 11.8 Å². The summed E-state index contributed by atoms with van der Waals surface area (Å²) in [6, 6.07) is 6.55. The summed E-state index contributed by atoms with van der Waals surface area (Å²) in [6.45, 7) is 4.37. The Morgan fingerprint density at radius 2 is 1.93 bits per heavy atom. The molecule has 156 valence electrons. The average molecular weight is 436 g/mol. The second-order valence-corrected chi connectivity index (χ2v) is 11.2. The monoisotopic (exact) mass is 435 g/mol. The third kappa shape index (κ3) is 4.08. The number of benzene rings is 1. The first-order chi connectivity index (χ1) is 13.8. The molecule has 1 aromatic carbocycles. The van der Waals surface area contributed by atoms with Crippen molar-refractivity contribution in [2.75, 3.05) is 25.0 Å². The van der Waals surface area contributed by atoms with E-state index in [-0.39, 0.29) is 39.2 Å². The molecule has 3 atom stereocenters. The molecule has 1 aliphatic carbocycles. The van der Waals surface area contributed by atoms with Crippen molar-refractivity contribution in [3.63, 3.8) is 0 Å². The number of fused-ring (bicyclic) bond motifs is 1. The van der Waals surface area contributed by atoms with Gasteiger partial charge in [0.2, 0.25) is 21.8 Å². The van der Waals surface area contributed by atoms with Crippen LogP contribution in [0.5, 0.6) is 0 Å². The zero-order valence-electron chi connectivity index (χ0n) is 16.3. The van der Waals surface area contributed by atoms with Gasteiger partial charge in [-0.25, -0.2) is 8.42 Å². The van der Waals surface area contributed by atoms with E-state index >= 15 is 0 Å². The van der Waals surface area contributed by atoms with E-state index in [1.165, 1.54) is 10.4 Å². The molecule has 7 nitrogen and oxygen atoms in total. The van der Waals surface area contributed by atoms with E-state index in [1.807, 2.05) is 0 Å². The fraction of sp³-hybridized carbons (Fsp3) is 0.500. The maximum Gasteiger partial charge on any atom is 0.244 e. The molecular weight excluding hydrogens is 410 g/mol. The maximum atomic E-state index is 13.1. The molecule has 0 spiro atoms. The van der Waals surface area contributed by atoms with Crippen LogP contribution in [0.1, 0.15) is 19.3 Å². The van der Waals surface area contributed by atoms with Crippen LogP contribution in [0.15, 0.2) is 41.8 Å². The highest BCUT2D eigenvalue weighted by atomic mass is 32.2. The third-order valence-corrected chi connectivity index (χ3v) is 9.18. The largest absolute Gasteiger partial charge is 0.341 e. The Bertz CT molecular complexity index is 914. The van der Waals surface area contributed by atoms with E-state index in [0.717, 1.165) is 19.3 Å². The number of thioether (sulfide) groups is 1. The minimum Gasteiger partial charge on any atom is -0.341 e. The number of hydrogen-bond acceptors (Lipinski definition) is 5. The summed E-state index contributed by atoms with van der Waals surface area (Å²) < 4.78 is 27.7. The smallest absolute Gasteiger partial charge is 0.244 e. The van der Waals surface area contributed by atoms with Crippen LogP contribution in [-0.4, -0.2) is 55.3 Å². The van der Waals surface area contributed by atoms with E-state index in [2.05, 4.69) is 11.9 Å². The Hall–Kier alpha value is -1.84. The molecule has 1 aromatic rings. The molecule has 2 amide bonds. The number of nitrogens with one attached hydrogen (secondary N) is 1. The predicted molar refractivity (Wildman–Crippen MR) is 113 cm³/mol. The molecule has 0 radical (unpaired) electrons. The number of amides is 2. The average Bonchev–Trinajstić information content (AvgIpc) is 3.38. The van der Waals surface area contributed by atoms with E-state index in [9.17, 15) is 18.0 Å². The van der Waals surface area contributed by atoms with Gasteiger partial charge in [0.1, 0.15) is 0 Å². The van der Waals surface area contributed by atoms with Crippen LogP contribution in [-0.2, 0) is 19.6 Å². The maximum absolute atomic E-state index is 13.1. The number of rotatable bonds is 6. The number of carbonyl (C=O) groups is 2. The highest BCUT2D eigenvalue weighted by Gasteiger charge is 2.45. The fourth-order valence-corrected chi connectivity index (χ4v) is 7.22. The molecule has 3 fully saturated rings. The minimum absolute atomic E-state index is 0.0131. The third-order valence-electron chi connectivity index (χ3n) is 5.81. The first kappa shape index (κ1) is 20.4. The van der Waals surface area contributed by atoms with Gasteiger partial charge >= 0.3 is 0 Å². The van der Waals surface area contributed by atoms with Gasteiger partial charge in [0, 0.05) is 37.0 Å². The standard InChI is InChI=1S/C20H25N3O4S2/c1-3-18(24)21-19-10-14-11-23(12-17(14)28-19)29(26,27)16-8-6-15(7-9-16)22(2)20(25)13-4-5-13/h3,6-9,13-14,17,19H,1,4-5,10-12H2,2H3,(H,21,24). The first-order valence-electron chi connectivity index (χ1n) is 9.76. The molecular formula is C20H25N3O4S2. The Kier molecular flexibility index (Phi) is 5.48. The van der Waals surface area contributed by atoms with Crippen molar-refractivity contribution in [2.45, 2.75) is 34.8 Å². The second-order valence-electron chi connectivity index (χ2n) is 7.86. The number of nitrogens with zero attached hydrogens (tertiary/aromatic N) is 2. The van der Waals surface area contributed by atoms with Crippen molar-refractivity contribution < 1.29 is 18.0 Å². The molecule has 4 rings (SSSR count). The predicted octanol–water partition coefficient (Wildman–Crippen LogP) is 1.81. The van der Waals surface area contributed by atoms with Crippen LogP contribution < -0.4 is 10.2 Å². The van der Waals surface area contributed by atoms with E-state index in [1.54, 1.807) is 48.0 Å². The number of carbonyl (C=O) groups excluding carboxylic acids is 2. The lowest BCUT2D eigenvalue weighted by Crippen LogP contribution is -2.33. The lowest BCUT2D eigenvalue weighted by Gasteiger charge is -2.20. The Balaban J connectivity index is 1.40. The lowest BCUT2D eigenvalue weighted by molar-refractivity contribution is -0.119. The van der Waals surface area contributed by atoms with Gasteiger partial charge in [0.25, 0.3) is 0 Å². The van der Waals surface area contributed by atoms with Crippen molar-refractivity contribution in [3.05, 3.63) is 36.9 Å². The van der Waals surface area contributed by atoms with Crippen LogP contribution in [0.25, 0.3) is 0 Å². The van der Waals surface area contributed by atoms with Crippen LogP contribution >= 0.6 is 11.8 Å². The number of sulfonamides is 1. The van der Waals surface area contributed by atoms with Crippen molar-refractivity contribution in [2.24, 2.45) is 11.8 Å². The summed E-state index contributed by atoms with van der Waals surface area (Å²) in [5.74, 6) is 0.233. The molecule has 2 heterocycles. The van der Waals surface area contributed by atoms with E-state index in [4.69, 9.17) is 0 Å². The summed E-state index contributed by atoms with van der Waals surface area (Å²) in [6.07, 6.45) is 3.88. The molecule has 0 aromatic heterocycles. The molecule has 9 heteroatoms. The molecule has 1 N–H and O–H groups in total. The first-order valence-corrected chi connectivity index (χ1v) is 12.1. The van der Waals surface area contributed by atoms with Crippen LogP contribution in [0.2, 0.25) is 0 Å². The quantitative estimate of drug-likeness (QED) is 0.689. The minimum atomic E-state index is -3.58. The van der Waals surface area contributed by atoms with Gasteiger partial charge in [0.15, 0.2) is 0 Å². The summed E-state index contributed by atoms with van der Waals surface area (Å²) in [7, 11) is -1.85. The summed E-state index contributed by atoms with van der Waals surface area (Å²) >= 11 is 1.63. The van der Waals surface area contributed by atoms with E-state index < -0.39 is 10.0 Å². The second kappa shape index (κ2) is 7.77. The lowest BCUT2D eigenvalue weighted by atomic mass is 10.1. The number of hydrogen-bond donors (Lipinski definition) is 1. The summed E-state index contributed by atoms with van der Waals surface area (Å²) in [5.41, 5.74) is 0.704. The molecule has 29 heavy (non-hydrogen) atoms. The number of anilines is 1. The Morgan fingerprint density at radius 1 is 1.24 bits per heavy atom. The van der Waals surface area contributed by atoms with Crippen LogP contribution in [0.3, 0.4) is 0 Å². The Labute approximate surface area is 175 Å². The van der Waals surface area contributed by atoms with Gasteiger partial charge in [-0.1, -0.05) is 6.58 Å². The summed E-state index contributed by atoms with van der Waals surface area (Å²) in [4.78, 5) is 25.5. The summed E-state index contributed by atoms with van der Waals surface area (Å²) in [5, 5.41) is 3.08. The molecule has 2 aliphatic heterocycles. The SMILES string of the molecule is C=CC(=O)NC1CC2CN(S(=O)(=O)c3ccc(N(C)C(=O)C4CC4)cc3)CC2S1. The van der Waals surface area contributed by atoms with Gasteiger partial charge in [-0.2, -0.15) is 4.31 Å². The van der Waals surface area contributed by atoms with Crippen molar-refractivity contribution in [1.82, 2.24) is 9.62 Å². The molecule has 3 unspecified atom stereocenters. The van der Waals surface area contributed by atoms with Crippen LogP contribution in [0, 0.1) is 11.8 Å². The highest BCUT2D eigenvalue weighted by Crippen LogP contribution is 2.43. The van der Waals surface area contributed by atoms with Crippen molar-refractivity contribution in [1.29, 1.82) is 0 Å². The van der Waals surface area contributed by atoms with Gasteiger partial charge in [-0.3, -0.25) is 9.59 Å². The van der Waals surface area contributed by atoms with Gasteiger partial charge < -0.3 is 10.2 Å². The van der Waals surface area contributed by atoms with Crippen LogP contribution in [0.4, 0.5) is 5.69 Å². The molecule has 3 aliphatic rings. The van der Waals surface area contributed by atoms with Gasteiger partial charge in [-0.05, 0) is 55.5 Å².